The highest BCUT2D eigenvalue weighted by molar-refractivity contribution is 7.99. The lowest BCUT2D eigenvalue weighted by Crippen LogP contribution is -2.14. The first kappa shape index (κ1) is 17.3. The number of para-hydroxylation sites is 1. The number of carbonyl (C=O) groups excluding carboxylic acids is 1. The Kier molecular flexibility index (Phi) is 5.57. The highest BCUT2D eigenvalue weighted by Crippen LogP contribution is 2.23. The molecule has 0 atom stereocenters. The molecule has 3 rings (SSSR count). The van der Waals surface area contributed by atoms with E-state index >= 15 is 0 Å². The number of amides is 1. The molecule has 1 heterocycles. The van der Waals surface area contributed by atoms with Crippen LogP contribution in [0.2, 0.25) is 5.02 Å². The molecule has 0 saturated carbocycles. The van der Waals surface area contributed by atoms with Crippen molar-refractivity contribution in [2.75, 3.05) is 18.2 Å². The average Bonchev–Trinajstić information content (AvgIpc) is 3.10. The number of anilines is 1. The fraction of sp³-hybridized carbons (Fsp3) is 0.118. The van der Waals surface area contributed by atoms with E-state index in [1.807, 2.05) is 41.0 Å². The fourth-order valence-corrected chi connectivity index (χ4v) is 3.03. The minimum Gasteiger partial charge on any atom is -0.497 e. The standard InChI is InChI=1S/C17H15ClN4O2S/c1-24-13-8-6-12(7-9-13)22-11-19-21-17(22)25-10-16(23)20-15-5-3-2-4-14(15)18/h2-9,11H,10H2,1H3,(H,20,23). The molecule has 0 aliphatic carbocycles. The van der Waals surface area contributed by atoms with Gasteiger partial charge in [-0.15, -0.1) is 10.2 Å². The number of methoxy groups -OCH3 is 1. The molecule has 0 unspecified atom stereocenters. The molecule has 0 saturated heterocycles. The van der Waals surface area contributed by atoms with Crippen molar-refractivity contribution in [3.63, 3.8) is 0 Å². The van der Waals surface area contributed by atoms with Crippen molar-refractivity contribution in [1.82, 2.24) is 14.8 Å². The second-order valence-electron chi connectivity index (χ2n) is 5.00. The normalized spacial score (nSPS) is 10.5. The molecule has 0 bridgehead atoms. The van der Waals surface area contributed by atoms with Gasteiger partial charge in [0.2, 0.25) is 5.91 Å². The maximum absolute atomic E-state index is 12.1. The summed E-state index contributed by atoms with van der Waals surface area (Å²) in [5.41, 5.74) is 1.48. The van der Waals surface area contributed by atoms with Crippen LogP contribution >= 0.6 is 23.4 Å². The van der Waals surface area contributed by atoms with E-state index in [1.165, 1.54) is 11.8 Å². The van der Waals surface area contributed by atoms with E-state index in [0.717, 1.165) is 11.4 Å². The number of ether oxygens (including phenoxy) is 1. The molecular weight excluding hydrogens is 360 g/mol. The van der Waals surface area contributed by atoms with Gasteiger partial charge in [-0.2, -0.15) is 0 Å². The molecule has 6 nitrogen and oxygen atoms in total. The first-order chi connectivity index (χ1) is 12.2. The van der Waals surface area contributed by atoms with Gasteiger partial charge in [-0.25, -0.2) is 0 Å². The monoisotopic (exact) mass is 374 g/mol. The lowest BCUT2D eigenvalue weighted by atomic mass is 10.3. The minimum atomic E-state index is -0.164. The van der Waals surface area contributed by atoms with Crippen LogP contribution in [0, 0.1) is 0 Å². The molecule has 0 aliphatic heterocycles. The van der Waals surface area contributed by atoms with Crippen molar-refractivity contribution in [2.45, 2.75) is 5.16 Å². The topological polar surface area (TPSA) is 69.0 Å². The van der Waals surface area contributed by atoms with Crippen LogP contribution in [0.4, 0.5) is 5.69 Å². The molecule has 0 radical (unpaired) electrons. The first-order valence-electron chi connectivity index (χ1n) is 7.39. The van der Waals surface area contributed by atoms with Crippen molar-refractivity contribution in [3.8, 4) is 11.4 Å². The zero-order chi connectivity index (χ0) is 17.6. The van der Waals surface area contributed by atoms with Crippen LogP contribution < -0.4 is 10.1 Å². The van der Waals surface area contributed by atoms with Gasteiger partial charge in [-0.3, -0.25) is 9.36 Å². The second kappa shape index (κ2) is 8.04. The van der Waals surface area contributed by atoms with Crippen LogP contribution in [0.5, 0.6) is 5.75 Å². The zero-order valence-electron chi connectivity index (χ0n) is 13.3. The molecule has 2 aromatic carbocycles. The van der Waals surface area contributed by atoms with Gasteiger partial charge in [0.15, 0.2) is 5.16 Å². The Balaban J connectivity index is 1.65. The quantitative estimate of drug-likeness (QED) is 0.667. The van der Waals surface area contributed by atoms with Crippen molar-refractivity contribution in [2.24, 2.45) is 0 Å². The molecule has 0 fully saturated rings. The maximum Gasteiger partial charge on any atom is 0.234 e. The first-order valence-corrected chi connectivity index (χ1v) is 8.75. The van der Waals surface area contributed by atoms with Gasteiger partial charge in [0, 0.05) is 5.69 Å². The third kappa shape index (κ3) is 4.32. The number of nitrogens with one attached hydrogen (secondary N) is 1. The Morgan fingerprint density at radius 3 is 2.72 bits per heavy atom. The van der Waals surface area contributed by atoms with E-state index in [9.17, 15) is 4.79 Å². The summed E-state index contributed by atoms with van der Waals surface area (Å²) in [5.74, 6) is 0.799. The minimum absolute atomic E-state index is 0.164. The van der Waals surface area contributed by atoms with Gasteiger partial charge in [0.05, 0.1) is 23.6 Å². The number of benzene rings is 2. The largest absolute Gasteiger partial charge is 0.497 e. The molecule has 25 heavy (non-hydrogen) atoms. The smallest absolute Gasteiger partial charge is 0.234 e. The molecule has 1 N–H and O–H groups in total. The van der Waals surface area contributed by atoms with Gasteiger partial charge < -0.3 is 10.1 Å². The number of carbonyl (C=O) groups is 1. The number of hydrogen-bond acceptors (Lipinski definition) is 5. The van der Waals surface area contributed by atoms with Gasteiger partial charge in [0.1, 0.15) is 12.1 Å². The van der Waals surface area contributed by atoms with Crippen molar-refractivity contribution in [1.29, 1.82) is 0 Å². The number of rotatable bonds is 6. The predicted octanol–water partition coefficient (Wildman–Crippen LogP) is 3.66. The Morgan fingerprint density at radius 2 is 2.00 bits per heavy atom. The average molecular weight is 375 g/mol. The van der Waals surface area contributed by atoms with Gasteiger partial charge in [-0.05, 0) is 36.4 Å². The van der Waals surface area contributed by atoms with E-state index in [2.05, 4.69) is 15.5 Å². The van der Waals surface area contributed by atoms with Gasteiger partial charge in [0.25, 0.3) is 0 Å². The maximum atomic E-state index is 12.1. The summed E-state index contributed by atoms with van der Waals surface area (Å²) in [6, 6.07) is 14.6. The Labute approximate surface area is 154 Å². The third-order valence-corrected chi connectivity index (χ3v) is 4.62. The van der Waals surface area contributed by atoms with E-state index in [0.29, 0.717) is 15.9 Å². The number of thioether (sulfide) groups is 1. The van der Waals surface area contributed by atoms with Crippen LogP contribution in [0.3, 0.4) is 0 Å². The number of halogens is 1. The summed E-state index contributed by atoms with van der Waals surface area (Å²) in [7, 11) is 1.62. The van der Waals surface area contributed by atoms with Gasteiger partial charge in [-0.1, -0.05) is 35.5 Å². The molecule has 128 valence electrons. The molecule has 3 aromatic rings. The summed E-state index contributed by atoms with van der Waals surface area (Å²) in [5, 5.41) is 11.9. The number of nitrogens with zero attached hydrogens (tertiary/aromatic N) is 3. The van der Waals surface area contributed by atoms with E-state index in [4.69, 9.17) is 16.3 Å². The Hall–Kier alpha value is -2.51. The van der Waals surface area contributed by atoms with E-state index in [-0.39, 0.29) is 11.7 Å². The third-order valence-electron chi connectivity index (χ3n) is 3.35. The van der Waals surface area contributed by atoms with Crippen LogP contribution in [0.15, 0.2) is 60.0 Å². The molecule has 0 spiro atoms. The van der Waals surface area contributed by atoms with Crippen molar-refractivity contribution in [3.05, 3.63) is 59.9 Å². The Bertz CT molecular complexity index is 867. The predicted molar refractivity (Wildman–Crippen MR) is 98.7 cm³/mol. The Morgan fingerprint density at radius 1 is 1.24 bits per heavy atom. The zero-order valence-corrected chi connectivity index (χ0v) is 14.9. The van der Waals surface area contributed by atoms with Gasteiger partial charge >= 0.3 is 0 Å². The number of aromatic nitrogens is 3. The second-order valence-corrected chi connectivity index (χ2v) is 6.35. The SMILES string of the molecule is COc1ccc(-n2cnnc2SCC(=O)Nc2ccccc2Cl)cc1. The lowest BCUT2D eigenvalue weighted by molar-refractivity contribution is -0.113. The van der Waals surface area contributed by atoms with Crippen LogP contribution in [-0.4, -0.2) is 33.5 Å². The fourth-order valence-electron chi connectivity index (χ4n) is 2.12. The van der Waals surface area contributed by atoms with Crippen LogP contribution in [0.1, 0.15) is 0 Å². The van der Waals surface area contributed by atoms with Crippen molar-refractivity contribution < 1.29 is 9.53 Å². The summed E-state index contributed by atoms with van der Waals surface area (Å²) >= 11 is 7.33. The van der Waals surface area contributed by atoms with E-state index < -0.39 is 0 Å². The summed E-state index contributed by atoms with van der Waals surface area (Å²) in [6.07, 6.45) is 1.61. The molecule has 8 heteroatoms. The van der Waals surface area contributed by atoms with E-state index in [1.54, 1.807) is 25.6 Å². The van der Waals surface area contributed by atoms with Crippen molar-refractivity contribution >= 4 is 35.0 Å². The summed E-state index contributed by atoms with van der Waals surface area (Å²) < 4.78 is 6.96. The van der Waals surface area contributed by atoms with Crippen LogP contribution in [0.25, 0.3) is 5.69 Å². The summed E-state index contributed by atoms with van der Waals surface area (Å²) in [6.45, 7) is 0. The molecular formula is C17H15ClN4O2S. The molecule has 1 amide bonds. The highest BCUT2D eigenvalue weighted by Gasteiger charge is 2.11. The van der Waals surface area contributed by atoms with Crippen LogP contribution in [-0.2, 0) is 4.79 Å². The lowest BCUT2D eigenvalue weighted by Gasteiger charge is -2.08. The summed E-state index contributed by atoms with van der Waals surface area (Å²) in [4.78, 5) is 12.1. The molecule has 1 aromatic heterocycles. The molecule has 0 aliphatic rings. The number of hydrogen-bond donors (Lipinski definition) is 1. The highest BCUT2D eigenvalue weighted by atomic mass is 35.5.